The number of Topliss-reactive ketones (excluding diaryl/α,β-unsaturated/α-hetero) is 1. The molecule has 0 spiro atoms. The zero-order valence-electron chi connectivity index (χ0n) is 16.4. The van der Waals surface area contributed by atoms with E-state index in [1.54, 1.807) is 0 Å². The molecule has 0 aromatic rings. The molecule has 0 aliphatic carbocycles. The summed E-state index contributed by atoms with van der Waals surface area (Å²) in [6.45, 7) is 2.25. The number of rotatable bonds is 15. The molecule has 1 heterocycles. The monoisotopic (exact) mass is 380 g/mol. The molecule has 0 radical (unpaired) electrons. The van der Waals surface area contributed by atoms with Gasteiger partial charge in [0.25, 0.3) is 0 Å². The van der Waals surface area contributed by atoms with E-state index in [2.05, 4.69) is 19.1 Å². The zero-order valence-corrected chi connectivity index (χ0v) is 17.2. The van der Waals surface area contributed by atoms with Crippen LogP contribution in [0.15, 0.2) is 23.5 Å². The van der Waals surface area contributed by atoms with Crippen molar-refractivity contribution >= 4 is 22.7 Å². The zero-order chi connectivity index (χ0) is 19.0. The van der Waals surface area contributed by atoms with Crippen molar-refractivity contribution in [3.63, 3.8) is 0 Å². The van der Waals surface area contributed by atoms with Crippen molar-refractivity contribution in [2.24, 2.45) is 0 Å². The maximum atomic E-state index is 11.5. The highest BCUT2D eigenvalue weighted by Crippen LogP contribution is 2.26. The molecule has 0 aromatic heterocycles. The van der Waals surface area contributed by atoms with Gasteiger partial charge in [-0.3, -0.25) is 9.59 Å². The lowest BCUT2D eigenvalue weighted by Gasteiger charge is -2.03. The van der Waals surface area contributed by atoms with Crippen LogP contribution in [0, 0.1) is 0 Å². The number of carbonyl (C=O) groups excluding carboxylic acids is 2. The lowest BCUT2D eigenvalue weighted by Crippen LogP contribution is -2.05. The second kappa shape index (κ2) is 15.1. The fourth-order valence-corrected chi connectivity index (χ4v) is 3.94. The summed E-state index contributed by atoms with van der Waals surface area (Å²) in [6, 6.07) is 0. The fourth-order valence-electron chi connectivity index (χ4n) is 3.16. The number of hydrogen-bond acceptors (Lipinski definition) is 4. The summed E-state index contributed by atoms with van der Waals surface area (Å²) in [5.41, 5.74) is 0.0468. The summed E-state index contributed by atoms with van der Waals surface area (Å²) in [5, 5.41) is 9.65. The van der Waals surface area contributed by atoms with Gasteiger partial charge < -0.3 is 5.11 Å². The van der Waals surface area contributed by atoms with Gasteiger partial charge in [-0.05, 0) is 32.1 Å². The number of unbranched alkanes of at least 4 members (excludes halogenated alkanes) is 11. The second-order valence-corrected chi connectivity index (χ2v) is 8.10. The molecular formula is C22H36O3S. The third-order valence-electron chi connectivity index (χ3n) is 4.78. The predicted octanol–water partition coefficient (Wildman–Crippen LogP) is 6.68. The Morgan fingerprint density at radius 2 is 1.42 bits per heavy atom. The summed E-state index contributed by atoms with van der Waals surface area (Å²) in [7, 11) is 0. The van der Waals surface area contributed by atoms with Crippen LogP contribution in [0.1, 0.15) is 96.8 Å². The van der Waals surface area contributed by atoms with Gasteiger partial charge in [-0.1, -0.05) is 82.2 Å². The maximum absolute atomic E-state index is 11.5. The maximum Gasteiger partial charge on any atom is 0.226 e. The molecule has 1 aliphatic heterocycles. The SMILES string of the molecule is CCCCCCCCC=CCCCCCCCC(O)=C1C(=O)CSC1=O. The Kier molecular flexibility index (Phi) is 13.3. The molecule has 0 amide bonds. The largest absolute Gasteiger partial charge is 0.511 e. The first-order valence-corrected chi connectivity index (χ1v) is 11.4. The molecule has 3 nitrogen and oxygen atoms in total. The average Bonchev–Trinajstić information content (AvgIpc) is 2.96. The van der Waals surface area contributed by atoms with Gasteiger partial charge in [-0.25, -0.2) is 0 Å². The fraction of sp³-hybridized carbons (Fsp3) is 0.727. The van der Waals surface area contributed by atoms with Crippen LogP contribution in [0.5, 0.6) is 0 Å². The van der Waals surface area contributed by atoms with Crippen LogP contribution in [0.25, 0.3) is 0 Å². The first-order chi connectivity index (χ1) is 12.7. The number of ketones is 1. The van der Waals surface area contributed by atoms with Gasteiger partial charge in [0.1, 0.15) is 11.3 Å². The topological polar surface area (TPSA) is 54.4 Å². The molecule has 1 fully saturated rings. The summed E-state index contributed by atoms with van der Waals surface area (Å²) >= 11 is 0.993. The molecule has 1 rings (SSSR count). The lowest BCUT2D eigenvalue weighted by molar-refractivity contribution is -0.115. The van der Waals surface area contributed by atoms with Crippen molar-refractivity contribution in [1.29, 1.82) is 0 Å². The van der Waals surface area contributed by atoms with Crippen molar-refractivity contribution in [3.8, 4) is 0 Å². The third kappa shape index (κ3) is 10.2. The van der Waals surface area contributed by atoms with E-state index in [9.17, 15) is 14.7 Å². The van der Waals surface area contributed by atoms with Gasteiger partial charge in [0.2, 0.25) is 5.12 Å². The normalized spacial score (nSPS) is 16.8. The van der Waals surface area contributed by atoms with Gasteiger partial charge in [0.05, 0.1) is 5.75 Å². The number of hydrogen-bond donors (Lipinski definition) is 1. The molecule has 0 saturated carbocycles. The standard InChI is InChI=1S/C22H36O3S/c1-2-3-4-5-6-7-8-9-10-11-12-13-14-15-16-17-19(23)21-20(24)18-26-22(21)25/h9-10,23H,2-8,11-18H2,1H3. The van der Waals surface area contributed by atoms with E-state index < -0.39 is 0 Å². The lowest BCUT2D eigenvalue weighted by atomic mass is 10.1. The predicted molar refractivity (Wildman–Crippen MR) is 112 cm³/mol. The van der Waals surface area contributed by atoms with E-state index in [1.807, 2.05) is 0 Å². The van der Waals surface area contributed by atoms with Crippen LogP contribution in [-0.4, -0.2) is 21.8 Å². The van der Waals surface area contributed by atoms with E-state index in [4.69, 9.17) is 0 Å². The van der Waals surface area contributed by atoms with E-state index in [0.717, 1.165) is 37.4 Å². The molecule has 1 saturated heterocycles. The Bertz CT molecular complexity index is 462. The Morgan fingerprint density at radius 3 is 1.96 bits per heavy atom. The Hall–Kier alpha value is -1.03. The van der Waals surface area contributed by atoms with Crippen LogP contribution in [0.4, 0.5) is 0 Å². The molecule has 4 heteroatoms. The van der Waals surface area contributed by atoms with Crippen LogP contribution in [0.3, 0.4) is 0 Å². The summed E-state index contributed by atoms with van der Waals surface area (Å²) in [4.78, 5) is 23.0. The highest BCUT2D eigenvalue weighted by Gasteiger charge is 2.30. The quantitative estimate of drug-likeness (QED) is 0.113. The van der Waals surface area contributed by atoms with Crippen molar-refractivity contribution in [1.82, 2.24) is 0 Å². The minimum Gasteiger partial charge on any atom is -0.511 e. The van der Waals surface area contributed by atoms with Crippen molar-refractivity contribution in [2.45, 2.75) is 96.8 Å². The number of allylic oxidation sites excluding steroid dienone is 3. The first-order valence-electron chi connectivity index (χ1n) is 10.4. The minimum absolute atomic E-state index is 0.00243. The van der Waals surface area contributed by atoms with Gasteiger partial charge in [-0.15, -0.1) is 0 Å². The van der Waals surface area contributed by atoms with Crippen molar-refractivity contribution in [2.75, 3.05) is 5.75 Å². The van der Waals surface area contributed by atoms with Crippen molar-refractivity contribution < 1.29 is 14.7 Å². The van der Waals surface area contributed by atoms with Gasteiger partial charge >= 0.3 is 0 Å². The Morgan fingerprint density at radius 1 is 0.885 bits per heavy atom. The van der Waals surface area contributed by atoms with E-state index >= 15 is 0 Å². The highest BCUT2D eigenvalue weighted by atomic mass is 32.2. The smallest absolute Gasteiger partial charge is 0.226 e. The van der Waals surface area contributed by atoms with E-state index in [0.29, 0.717) is 6.42 Å². The Balaban J connectivity index is 1.92. The van der Waals surface area contributed by atoms with E-state index in [-0.39, 0.29) is 28.0 Å². The second-order valence-electron chi connectivity index (χ2n) is 7.16. The Labute approximate surface area is 163 Å². The number of thioether (sulfide) groups is 1. The molecule has 0 bridgehead atoms. The van der Waals surface area contributed by atoms with E-state index in [1.165, 1.54) is 57.8 Å². The number of aliphatic hydroxyl groups is 1. The van der Waals surface area contributed by atoms with Crippen LogP contribution in [0.2, 0.25) is 0 Å². The third-order valence-corrected chi connectivity index (χ3v) is 5.65. The highest BCUT2D eigenvalue weighted by molar-refractivity contribution is 8.15. The molecule has 26 heavy (non-hydrogen) atoms. The van der Waals surface area contributed by atoms with Crippen LogP contribution < -0.4 is 0 Å². The van der Waals surface area contributed by atoms with Crippen LogP contribution >= 0.6 is 11.8 Å². The molecular weight excluding hydrogens is 344 g/mol. The minimum atomic E-state index is -0.264. The van der Waals surface area contributed by atoms with Gasteiger partial charge in [-0.2, -0.15) is 0 Å². The van der Waals surface area contributed by atoms with Crippen molar-refractivity contribution in [3.05, 3.63) is 23.5 Å². The molecule has 0 atom stereocenters. The summed E-state index contributed by atoms with van der Waals surface area (Å²) < 4.78 is 0. The molecule has 1 aliphatic rings. The number of carbonyl (C=O) groups is 2. The average molecular weight is 381 g/mol. The number of aliphatic hydroxyl groups excluding tert-OH is 1. The molecule has 1 N–H and O–H groups in total. The van der Waals surface area contributed by atoms with Crippen LogP contribution in [-0.2, 0) is 9.59 Å². The first kappa shape index (κ1) is 23.0. The van der Waals surface area contributed by atoms with Gasteiger partial charge in [0, 0.05) is 6.42 Å². The molecule has 148 valence electrons. The summed E-state index contributed by atoms with van der Waals surface area (Å²) in [5.74, 6) is -0.0298. The summed E-state index contributed by atoms with van der Waals surface area (Å²) in [6.07, 6.45) is 21.1. The molecule has 0 unspecified atom stereocenters. The van der Waals surface area contributed by atoms with Gasteiger partial charge in [0.15, 0.2) is 5.78 Å². The molecule has 0 aromatic carbocycles.